The van der Waals surface area contributed by atoms with E-state index in [9.17, 15) is 0 Å². The van der Waals surface area contributed by atoms with E-state index in [1.807, 2.05) is 30.3 Å². The van der Waals surface area contributed by atoms with Crippen LogP contribution in [0, 0.1) is 0 Å². The number of hydrogen-bond donors (Lipinski definition) is 2. The summed E-state index contributed by atoms with van der Waals surface area (Å²) >= 11 is 1.67. The van der Waals surface area contributed by atoms with Gasteiger partial charge < -0.3 is 15.0 Å². The van der Waals surface area contributed by atoms with Crippen molar-refractivity contribution in [3.63, 3.8) is 0 Å². The minimum absolute atomic E-state index is 0.730. The van der Waals surface area contributed by atoms with Crippen molar-refractivity contribution in [3.05, 3.63) is 47.2 Å². The van der Waals surface area contributed by atoms with E-state index in [2.05, 4.69) is 51.3 Å². The number of aromatic amines is 1. The van der Waals surface area contributed by atoms with Crippen molar-refractivity contribution in [1.29, 1.82) is 0 Å². The van der Waals surface area contributed by atoms with Crippen LogP contribution in [0.4, 0.5) is 11.5 Å². The molecule has 0 amide bonds. The first-order valence-electron chi connectivity index (χ1n) is 7.93. The summed E-state index contributed by atoms with van der Waals surface area (Å²) in [6.07, 6.45) is 1.02. The zero-order valence-electron chi connectivity index (χ0n) is 14.0. The average Bonchev–Trinajstić information content (AvgIpc) is 3.24. The first-order valence-corrected chi connectivity index (χ1v) is 8.87. The van der Waals surface area contributed by atoms with Crippen LogP contribution in [0.1, 0.15) is 6.42 Å². The maximum atomic E-state index is 5.74. The first-order chi connectivity index (χ1) is 11.7. The molecule has 1 aromatic carbocycles. The molecule has 126 valence electrons. The van der Waals surface area contributed by atoms with Crippen molar-refractivity contribution in [2.24, 2.45) is 0 Å². The number of aromatic nitrogens is 2. The molecule has 0 saturated heterocycles. The standard InChI is InChI=1S/C18H22N4OS/c1-22(2)9-3-10-23-16-6-4-15(5-7-16)19-18-12-17(20-21-18)14-8-11-24-13-14/h4-8,11-13H,3,9-10H2,1-2H3,(H2,19,20,21). The summed E-state index contributed by atoms with van der Waals surface area (Å²) in [7, 11) is 4.14. The van der Waals surface area contributed by atoms with E-state index in [0.29, 0.717) is 0 Å². The number of nitrogens with zero attached hydrogens (tertiary/aromatic N) is 2. The van der Waals surface area contributed by atoms with E-state index < -0.39 is 0 Å². The van der Waals surface area contributed by atoms with Crippen molar-refractivity contribution < 1.29 is 4.74 Å². The predicted octanol–water partition coefficient (Wildman–Crippen LogP) is 4.21. The van der Waals surface area contributed by atoms with Crippen LogP contribution in [0.15, 0.2) is 47.2 Å². The summed E-state index contributed by atoms with van der Waals surface area (Å²) in [6, 6.07) is 12.0. The topological polar surface area (TPSA) is 53.2 Å². The Hall–Kier alpha value is -2.31. The highest BCUT2D eigenvalue weighted by molar-refractivity contribution is 7.08. The van der Waals surface area contributed by atoms with Gasteiger partial charge in [0, 0.05) is 29.2 Å². The monoisotopic (exact) mass is 342 g/mol. The molecule has 0 unspecified atom stereocenters. The number of hydrogen-bond acceptors (Lipinski definition) is 5. The molecule has 0 aliphatic heterocycles. The predicted molar refractivity (Wildman–Crippen MR) is 100 cm³/mol. The first kappa shape index (κ1) is 16.5. The van der Waals surface area contributed by atoms with Gasteiger partial charge in [-0.05, 0) is 56.2 Å². The van der Waals surface area contributed by atoms with Crippen LogP contribution in [0.25, 0.3) is 11.3 Å². The second-order valence-electron chi connectivity index (χ2n) is 5.83. The van der Waals surface area contributed by atoms with E-state index >= 15 is 0 Å². The number of rotatable bonds is 8. The molecule has 5 nitrogen and oxygen atoms in total. The number of H-pyrrole nitrogens is 1. The fourth-order valence-electron chi connectivity index (χ4n) is 2.30. The fraction of sp³-hybridized carbons (Fsp3) is 0.278. The van der Waals surface area contributed by atoms with Gasteiger partial charge in [-0.1, -0.05) is 0 Å². The maximum absolute atomic E-state index is 5.74. The average molecular weight is 342 g/mol. The van der Waals surface area contributed by atoms with E-state index in [-0.39, 0.29) is 0 Å². The van der Waals surface area contributed by atoms with Gasteiger partial charge in [-0.2, -0.15) is 16.4 Å². The minimum atomic E-state index is 0.730. The lowest BCUT2D eigenvalue weighted by molar-refractivity contribution is 0.281. The van der Waals surface area contributed by atoms with Gasteiger partial charge in [-0.25, -0.2) is 0 Å². The molecule has 0 atom stereocenters. The van der Waals surface area contributed by atoms with Gasteiger partial charge in [-0.15, -0.1) is 0 Å². The Morgan fingerprint density at radius 3 is 2.75 bits per heavy atom. The maximum Gasteiger partial charge on any atom is 0.152 e. The summed E-state index contributed by atoms with van der Waals surface area (Å²) in [5, 5.41) is 14.8. The molecule has 0 spiro atoms. The second kappa shape index (κ2) is 7.99. The molecule has 0 radical (unpaired) electrons. The lowest BCUT2D eigenvalue weighted by atomic mass is 10.2. The zero-order chi connectivity index (χ0) is 16.8. The van der Waals surface area contributed by atoms with Crippen LogP contribution in [0.5, 0.6) is 5.75 Å². The summed E-state index contributed by atoms with van der Waals surface area (Å²) in [4.78, 5) is 2.16. The summed E-state index contributed by atoms with van der Waals surface area (Å²) < 4.78 is 5.74. The Morgan fingerprint density at radius 2 is 2.04 bits per heavy atom. The molecule has 2 N–H and O–H groups in total. The molecule has 2 heterocycles. The SMILES string of the molecule is CN(C)CCCOc1ccc(Nc2cc(-c3ccsc3)[nH]n2)cc1. The number of thiophene rings is 1. The Labute approximate surface area is 146 Å². The molecule has 2 aromatic heterocycles. The van der Waals surface area contributed by atoms with E-state index in [1.165, 1.54) is 0 Å². The van der Waals surface area contributed by atoms with Crippen molar-refractivity contribution >= 4 is 22.8 Å². The van der Waals surface area contributed by atoms with Crippen LogP contribution < -0.4 is 10.1 Å². The minimum Gasteiger partial charge on any atom is -0.494 e. The van der Waals surface area contributed by atoms with Crippen LogP contribution in [0.2, 0.25) is 0 Å². The van der Waals surface area contributed by atoms with Crippen LogP contribution >= 0.6 is 11.3 Å². The third-order valence-corrected chi connectivity index (χ3v) is 4.24. The molecule has 3 rings (SSSR count). The largest absolute Gasteiger partial charge is 0.494 e. The molecule has 0 aliphatic rings. The normalized spacial score (nSPS) is 11.0. The third kappa shape index (κ3) is 4.59. The number of anilines is 2. The molecule has 0 aliphatic carbocycles. The smallest absolute Gasteiger partial charge is 0.152 e. The zero-order valence-corrected chi connectivity index (χ0v) is 14.8. The second-order valence-corrected chi connectivity index (χ2v) is 6.61. The molecule has 0 bridgehead atoms. The van der Waals surface area contributed by atoms with Gasteiger partial charge in [-0.3, -0.25) is 5.10 Å². The van der Waals surface area contributed by atoms with E-state index in [1.54, 1.807) is 11.3 Å². The quantitative estimate of drug-likeness (QED) is 0.602. The highest BCUT2D eigenvalue weighted by Gasteiger charge is 2.04. The molecule has 3 aromatic rings. The Bertz CT molecular complexity index is 735. The van der Waals surface area contributed by atoms with Crippen LogP contribution in [-0.2, 0) is 0 Å². The van der Waals surface area contributed by atoms with Gasteiger partial charge in [0.05, 0.1) is 12.3 Å². The van der Waals surface area contributed by atoms with Gasteiger partial charge in [0.15, 0.2) is 5.82 Å². The third-order valence-electron chi connectivity index (χ3n) is 3.56. The van der Waals surface area contributed by atoms with E-state index in [4.69, 9.17) is 4.74 Å². The van der Waals surface area contributed by atoms with E-state index in [0.717, 1.165) is 48.1 Å². The lowest BCUT2D eigenvalue weighted by Gasteiger charge is -2.10. The summed E-state index contributed by atoms with van der Waals surface area (Å²) in [6.45, 7) is 1.76. The van der Waals surface area contributed by atoms with Gasteiger partial charge in [0.25, 0.3) is 0 Å². The van der Waals surface area contributed by atoms with Crippen molar-refractivity contribution in [3.8, 4) is 17.0 Å². The van der Waals surface area contributed by atoms with Crippen molar-refractivity contribution in [2.45, 2.75) is 6.42 Å². The molecule has 24 heavy (non-hydrogen) atoms. The highest BCUT2D eigenvalue weighted by atomic mass is 32.1. The van der Waals surface area contributed by atoms with Crippen molar-refractivity contribution in [2.75, 3.05) is 32.6 Å². The Kier molecular flexibility index (Phi) is 5.51. The molecule has 6 heteroatoms. The summed E-state index contributed by atoms with van der Waals surface area (Å²) in [5.74, 6) is 1.69. The molecular formula is C18H22N4OS. The highest BCUT2D eigenvalue weighted by Crippen LogP contribution is 2.24. The van der Waals surface area contributed by atoms with Crippen LogP contribution in [0.3, 0.4) is 0 Å². The van der Waals surface area contributed by atoms with Gasteiger partial charge >= 0.3 is 0 Å². The number of nitrogens with one attached hydrogen (secondary N) is 2. The van der Waals surface area contributed by atoms with Crippen LogP contribution in [-0.4, -0.2) is 42.3 Å². The summed E-state index contributed by atoms with van der Waals surface area (Å²) in [5.41, 5.74) is 3.15. The number of ether oxygens (including phenoxy) is 1. The van der Waals surface area contributed by atoms with Gasteiger partial charge in [0.2, 0.25) is 0 Å². The Morgan fingerprint density at radius 1 is 1.21 bits per heavy atom. The van der Waals surface area contributed by atoms with Crippen molar-refractivity contribution in [1.82, 2.24) is 15.1 Å². The lowest BCUT2D eigenvalue weighted by Crippen LogP contribution is -2.15. The Balaban J connectivity index is 1.53. The molecule has 0 saturated carbocycles. The fourth-order valence-corrected chi connectivity index (χ4v) is 2.96. The number of benzene rings is 1. The van der Waals surface area contributed by atoms with Gasteiger partial charge in [0.1, 0.15) is 5.75 Å². The molecule has 0 fully saturated rings. The molecular weight excluding hydrogens is 320 g/mol.